The molecule has 1 aromatic heterocycles. The number of aromatic nitrogens is 2. The maximum Gasteiger partial charge on any atom is 0.337 e. The number of fused-ring (bicyclic) bond motifs is 1. The van der Waals surface area contributed by atoms with Gasteiger partial charge in [0.05, 0.1) is 22.9 Å². The third-order valence-corrected chi connectivity index (χ3v) is 2.56. The van der Waals surface area contributed by atoms with Gasteiger partial charge in [-0.3, -0.25) is 4.79 Å². The Hall–Kier alpha value is -2.37. The van der Waals surface area contributed by atoms with E-state index < -0.39 is 5.97 Å². The molecular formula is C12H13N3O3. The van der Waals surface area contributed by atoms with Crippen molar-refractivity contribution < 1.29 is 14.7 Å². The van der Waals surface area contributed by atoms with Crippen molar-refractivity contribution in [3.8, 4) is 0 Å². The van der Waals surface area contributed by atoms with E-state index in [1.54, 1.807) is 16.7 Å². The lowest BCUT2D eigenvalue weighted by Crippen LogP contribution is -2.27. The number of amides is 1. The van der Waals surface area contributed by atoms with Crippen LogP contribution in [0.15, 0.2) is 24.5 Å². The number of carboxylic acids is 1. The third-order valence-electron chi connectivity index (χ3n) is 2.56. The van der Waals surface area contributed by atoms with Crippen molar-refractivity contribution in [3.63, 3.8) is 0 Å². The van der Waals surface area contributed by atoms with Crippen LogP contribution in [0.25, 0.3) is 11.0 Å². The first-order valence-corrected chi connectivity index (χ1v) is 5.57. The van der Waals surface area contributed by atoms with Crippen LogP contribution in [0.5, 0.6) is 0 Å². The lowest BCUT2D eigenvalue weighted by molar-refractivity contribution is -0.121. The highest BCUT2D eigenvalue weighted by Crippen LogP contribution is 2.17. The molecule has 0 saturated heterocycles. The summed E-state index contributed by atoms with van der Waals surface area (Å²) in [6, 6.07) is 4.85. The standard InChI is InChI=1S/C12H13N3O3/c1-2-13-10(16)6-15-7-14-9-5-3-4-8(11(9)15)12(17)18/h3-5,7H,2,6H2,1H3,(H,13,16)(H,17,18). The highest BCUT2D eigenvalue weighted by molar-refractivity contribution is 6.01. The van der Waals surface area contributed by atoms with Crippen LogP contribution in [0.3, 0.4) is 0 Å². The molecule has 6 nitrogen and oxygen atoms in total. The van der Waals surface area contributed by atoms with Gasteiger partial charge in [-0.2, -0.15) is 0 Å². The van der Waals surface area contributed by atoms with E-state index >= 15 is 0 Å². The van der Waals surface area contributed by atoms with E-state index in [4.69, 9.17) is 5.11 Å². The Morgan fingerprint density at radius 1 is 1.44 bits per heavy atom. The van der Waals surface area contributed by atoms with E-state index in [2.05, 4.69) is 10.3 Å². The minimum Gasteiger partial charge on any atom is -0.478 e. The van der Waals surface area contributed by atoms with E-state index in [1.807, 2.05) is 6.92 Å². The number of likely N-dealkylation sites (N-methyl/N-ethyl adjacent to an activating group) is 1. The maximum atomic E-state index is 11.5. The molecule has 0 aliphatic rings. The lowest BCUT2D eigenvalue weighted by atomic mass is 10.2. The fraction of sp³-hybridized carbons (Fsp3) is 0.250. The van der Waals surface area contributed by atoms with Crippen molar-refractivity contribution in [2.24, 2.45) is 0 Å². The predicted molar refractivity (Wildman–Crippen MR) is 65.4 cm³/mol. The van der Waals surface area contributed by atoms with Gasteiger partial charge in [0.25, 0.3) is 0 Å². The van der Waals surface area contributed by atoms with Gasteiger partial charge in [-0.15, -0.1) is 0 Å². The summed E-state index contributed by atoms with van der Waals surface area (Å²) in [5, 5.41) is 11.8. The number of carbonyl (C=O) groups excluding carboxylic acids is 1. The molecule has 0 unspecified atom stereocenters. The number of benzene rings is 1. The number of nitrogens with one attached hydrogen (secondary N) is 1. The van der Waals surface area contributed by atoms with Crippen LogP contribution in [0.1, 0.15) is 17.3 Å². The summed E-state index contributed by atoms with van der Waals surface area (Å²) >= 11 is 0. The molecule has 1 heterocycles. The molecule has 0 atom stereocenters. The summed E-state index contributed by atoms with van der Waals surface area (Å²) in [4.78, 5) is 26.8. The van der Waals surface area contributed by atoms with Crippen molar-refractivity contribution in [2.75, 3.05) is 6.54 Å². The topological polar surface area (TPSA) is 84.2 Å². The maximum absolute atomic E-state index is 11.5. The average Bonchev–Trinajstić information content (AvgIpc) is 2.72. The summed E-state index contributed by atoms with van der Waals surface area (Å²) in [7, 11) is 0. The Balaban J connectivity index is 2.45. The van der Waals surface area contributed by atoms with Crippen LogP contribution in [-0.4, -0.2) is 33.1 Å². The lowest BCUT2D eigenvalue weighted by Gasteiger charge is -2.06. The predicted octanol–water partition coefficient (Wildman–Crippen LogP) is 0.871. The summed E-state index contributed by atoms with van der Waals surface area (Å²) in [5.41, 5.74) is 1.18. The number of carbonyl (C=O) groups is 2. The Kier molecular flexibility index (Phi) is 3.27. The molecule has 0 spiro atoms. The molecular weight excluding hydrogens is 234 g/mol. The van der Waals surface area contributed by atoms with Gasteiger partial charge in [0, 0.05) is 6.54 Å². The number of para-hydroxylation sites is 1. The Labute approximate surface area is 103 Å². The second-order valence-corrected chi connectivity index (χ2v) is 3.80. The van der Waals surface area contributed by atoms with Crippen molar-refractivity contribution in [1.29, 1.82) is 0 Å². The first-order chi connectivity index (χ1) is 8.63. The molecule has 2 N–H and O–H groups in total. The van der Waals surface area contributed by atoms with Crippen LogP contribution in [0.2, 0.25) is 0 Å². The van der Waals surface area contributed by atoms with E-state index in [1.165, 1.54) is 12.4 Å². The number of nitrogens with zero attached hydrogens (tertiary/aromatic N) is 2. The molecule has 0 bridgehead atoms. The number of carboxylic acid groups (broad SMARTS) is 1. The van der Waals surface area contributed by atoms with Gasteiger partial charge in [0.2, 0.25) is 5.91 Å². The number of aromatic carboxylic acids is 1. The monoisotopic (exact) mass is 247 g/mol. The fourth-order valence-corrected chi connectivity index (χ4v) is 1.83. The van der Waals surface area contributed by atoms with Crippen LogP contribution in [0, 0.1) is 0 Å². The molecule has 1 amide bonds. The first kappa shape index (κ1) is 12.1. The fourth-order valence-electron chi connectivity index (χ4n) is 1.83. The molecule has 1 aromatic carbocycles. The normalized spacial score (nSPS) is 10.5. The van der Waals surface area contributed by atoms with Gasteiger partial charge in [-0.25, -0.2) is 9.78 Å². The van der Waals surface area contributed by atoms with E-state index in [0.29, 0.717) is 17.6 Å². The van der Waals surface area contributed by atoms with Crippen LogP contribution >= 0.6 is 0 Å². The largest absolute Gasteiger partial charge is 0.478 e. The van der Waals surface area contributed by atoms with E-state index in [9.17, 15) is 9.59 Å². The number of hydrogen-bond donors (Lipinski definition) is 2. The Morgan fingerprint density at radius 2 is 2.22 bits per heavy atom. The van der Waals surface area contributed by atoms with Gasteiger partial charge in [-0.05, 0) is 19.1 Å². The molecule has 0 radical (unpaired) electrons. The molecule has 0 fully saturated rings. The first-order valence-electron chi connectivity index (χ1n) is 5.57. The molecule has 94 valence electrons. The highest BCUT2D eigenvalue weighted by Gasteiger charge is 2.14. The molecule has 2 rings (SSSR count). The summed E-state index contributed by atoms with van der Waals surface area (Å²) in [5.74, 6) is -1.20. The molecule has 0 aliphatic carbocycles. The van der Waals surface area contributed by atoms with Crippen LogP contribution < -0.4 is 5.32 Å². The minimum atomic E-state index is -1.03. The van der Waals surface area contributed by atoms with Gasteiger partial charge in [-0.1, -0.05) is 6.07 Å². The van der Waals surface area contributed by atoms with Crippen LogP contribution in [-0.2, 0) is 11.3 Å². The van der Waals surface area contributed by atoms with Crippen molar-refractivity contribution in [1.82, 2.24) is 14.9 Å². The van der Waals surface area contributed by atoms with Crippen molar-refractivity contribution in [3.05, 3.63) is 30.1 Å². The van der Waals surface area contributed by atoms with E-state index in [-0.39, 0.29) is 18.0 Å². The van der Waals surface area contributed by atoms with Crippen molar-refractivity contribution >= 4 is 22.9 Å². The SMILES string of the molecule is CCNC(=O)Cn1cnc2cccc(C(=O)O)c21. The summed E-state index contributed by atoms with van der Waals surface area (Å²) in [6.07, 6.45) is 1.48. The molecule has 2 aromatic rings. The van der Waals surface area contributed by atoms with Gasteiger partial charge in [0.1, 0.15) is 6.54 Å². The quantitative estimate of drug-likeness (QED) is 0.839. The number of rotatable bonds is 4. The molecule has 18 heavy (non-hydrogen) atoms. The molecule has 6 heteroatoms. The molecule has 0 aliphatic heterocycles. The van der Waals surface area contributed by atoms with Crippen LogP contribution in [0.4, 0.5) is 0 Å². The zero-order valence-electron chi connectivity index (χ0n) is 9.88. The number of hydrogen-bond acceptors (Lipinski definition) is 3. The number of imidazole rings is 1. The average molecular weight is 247 g/mol. The summed E-state index contributed by atoms with van der Waals surface area (Å²) < 4.78 is 1.55. The Bertz CT molecular complexity index is 604. The van der Waals surface area contributed by atoms with E-state index in [0.717, 1.165) is 0 Å². The third kappa shape index (κ3) is 2.17. The minimum absolute atomic E-state index is 0.0641. The zero-order chi connectivity index (χ0) is 13.1. The van der Waals surface area contributed by atoms with Gasteiger partial charge < -0.3 is 15.0 Å². The smallest absolute Gasteiger partial charge is 0.337 e. The van der Waals surface area contributed by atoms with Crippen molar-refractivity contribution in [2.45, 2.75) is 13.5 Å². The Morgan fingerprint density at radius 3 is 2.89 bits per heavy atom. The zero-order valence-corrected chi connectivity index (χ0v) is 9.88. The molecule has 0 saturated carbocycles. The summed E-state index contributed by atoms with van der Waals surface area (Å²) in [6.45, 7) is 2.43. The second kappa shape index (κ2) is 4.87. The van der Waals surface area contributed by atoms with Gasteiger partial charge in [0.15, 0.2) is 0 Å². The highest BCUT2D eigenvalue weighted by atomic mass is 16.4. The van der Waals surface area contributed by atoms with Gasteiger partial charge >= 0.3 is 5.97 Å². The second-order valence-electron chi connectivity index (χ2n) is 3.80.